The Morgan fingerprint density at radius 3 is 1.77 bits per heavy atom. The van der Waals surface area contributed by atoms with Crippen LogP contribution in [-0.2, 0) is 24.0 Å². The van der Waals surface area contributed by atoms with Crippen molar-refractivity contribution in [3.8, 4) is 0 Å². The fraction of sp³-hybridized carbons (Fsp3) is 0.720. The molecule has 27 heteroatoms. The van der Waals surface area contributed by atoms with Crippen LogP contribution >= 0.6 is 0 Å². The van der Waals surface area contributed by atoms with E-state index in [1.165, 1.54) is 0 Å². The van der Waals surface area contributed by atoms with Crippen LogP contribution < -0.4 is 44.3 Å². The number of hydrogen-bond donors (Lipinski definition) is 12. The topological polar surface area (TPSA) is 415 Å². The molecule has 0 aromatic heterocycles. The van der Waals surface area contributed by atoms with E-state index in [0.717, 1.165) is 0 Å². The summed E-state index contributed by atoms with van der Waals surface area (Å²) in [6, 6.07) is -4.96. The predicted molar refractivity (Wildman–Crippen MR) is 171 cm³/mol. The third kappa shape index (κ3) is 15.5. The number of carboxylic acid groups (broad SMARTS) is 2. The Balaban J connectivity index is 0.00000335. The lowest BCUT2D eigenvalue weighted by Crippen LogP contribution is -2.62. The summed E-state index contributed by atoms with van der Waals surface area (Å²) >= 11 is 0. The van der Waals surface area contributed by atoms with Crippen molar-refractivity contribution in [1.29, 1.82) is 10.8 Å². The van der Waals surface area contributed by atoms with E-state index >= 15 is 0 Å². The number of carbonyl (C=O) groups is 5. The van der Waals surface area contributed by atoms with E-state index in [0.29, 0.717) is 4.90 Å². The molecule has 0 spiro atoms. The number of hydrogen-bond acceptors (Lipinski definition) is 13. The maximum atomic E-state index is 13.4. The molecule has 1 rings (SSSR count). The van der Waals surface area contributed by atoms with Gasteiger partial charge in [-0.05, 0) is 51.4 Å². The number of carbonyl (C=O) groups excluding carboxylic acids is 3. The van der Waals surface area contributed by atoms with Crippen molar-refractivity contribution in [2.75, 3.05) is 19.6 Å². The van der Waals surface area contributed by atoms with Gasteiger partial charge in [-0.1, -0.05) is 0 Å². The average Bonchev–Trinajstić information content (AvgIpc) is 3.49. The molecule has 52 heavy (non-hydrogen) atoms. The molecule has 0 aromatic carbocycles. The highest BCUT2D eigenvalue weighted by Gasteiger charge is 2.62. The van der Waals surface area contributed by atoms with Crippen LogP contribution in [0, 0.1) is 31.0 Å². The fourth-order valence-corrected chi connectivity index (χ4v) is 4.86. The number of rotatable bonds is 21. The molecule has 1 fully saturated rings. The summed E-state index contributed by atoms with van der Waals surface area (Å²) in [6.45, 7) is 0.100. The van der Waals surface area contributed by atoms with Gasteiger partial charge in [0.25, 0.3) is 5.91 Å². The average molecular weight is 760 g/mol. The zero-order valence-electron chi connectivity index (χ0n) is 27.6. The van der Waals surface area contributed by atoms with Crippen molar-refractivity contribution in [2.45, 2.75) is 93.8 Å². The maximum Gasteiger partial charge on any atom is 0.490 e. The molecule has 1 unspecified atom stereocenters. The van der Waals surface area contributed by atoms with Crippen molar-refractivity contribution >= 4 is 41.5 Å². The van der Waals surface area contributed by atoms with Gasteiger partial charge in [-0.25, -0.2) is 19.7 Å². The summed E-state index contributed by atoms with van der Waals surface area (Å²) in [7, 11) is 0. The number of halogens is 3. The number of alkyl halides is 3. The van der Waals surface area contributed by atoms with Crippen LogP contribution in [0.25, 0.3) is 0 Å². The minimum atomic E-state index is -5.08. The van der Waals surface area contributed by atoms with Crippen molar-refractivity contribution in [2.24, 2.45) is 22.9 Å². The van der Waals surface area contributed by atoms with Gasteiger partial charge in [0, 0.05) is 19.6 Å². The highest BCUT2D eigenvalue weighted by Crippen LogP contribution is 2.31. The smallest absolute Gasteiger partial charge is 0.475 e. The van der Waals surface area contributed by atoms with Gasteiger partial charge in [-0.15, -0.1) is 5.43 Å². The second kappa shape index (κ2) is 21.6. The standard InChI is InChI=1S/C23H43N13O9.C2HF3O2/c24-13(17(37)15(33-36(44)45)7-2-10-30-21(26)27)5-1-6-14(25)18(38)32-16(8-3-11-31-22(28)29)19(39)34-12-4-9-23(34,20(40)41)35(42)43;3-2(4,5)1(6)7/h13-16,33H,1-12,24-25H2,(H,32,38)(H,40,41)(H4,26,27,30)(H4,28,29,31);(H,6,7)/t13?,14-,15-,16-,23+;/m0./s1. The number of nitrogens with two attached hydrogens (primary N) is 4. The first-order chi connectivity index (χ1) is 24.0. The summed E-state index contributed by atoms with van der Waals surface area (Å²) in [5, 5.41) is 60.4. The van der Waals surface area contributed by atoms with Crippen LogP contribution in [-0.4, -0.2) is 122 Å². The lowest BCUT2D eigenvalue weighted by molar-refractivity contribution is -0.576. The Labute approximate surface area is 292 Å². The van der Waals surface area contributed by atoms with E-state index in [2.05, 4.69) is 16.0 Å². The van der Waals surface area contributed by atoms with Crippen molar-refractivity contribution in [3.05, 3.63) is 20.2 Å². The molecular weight excluding hydrogens is 715 g/mol. The van der Waals surface area contributed by atoms with Crippen LogP contribution in [0.1, 0.15) is 57.8 Å². The summed E-state index contributed by atoms with van der Waals surface area (Å²) in [5.74, 6) is -7.65. The van der Waals surface area contributed by atoms with Crippen LogP contribution in [0.2, 0.25) is 0 Å². The Hall–Kier alpha value is -5.60. The van der Waals surface area contributed by atoms with Gasteiger partial charge in [-0.3, -0.25) is 40.2 Å². The van der Waals surface area contributed by atoms with Crippen molar-refractivity contribution in [3.63, 3.8) is 0 Å². The highest BCUT2D eigenvalue weighted by molar-refractivity contribution is 5.93. The number of guanidine groups is 2. The van der Waals surface area contributed by atoms with E-state index in [9.17, 15) is 57.7 Å². The van der Waals surface area contributed by atoms with Gasteiger partial charge in [0.1, 0.15) is 12.1 Å². The highest BCUT2D eigenvalue weighted by atomic mass is 19.4. The second-order valence-electron chi connectivity index (χ2n) is 11.3. The molecule has 1 aliphatic heterocycles. The van der Waals surface area contributed by atoms with E-state index < -0.39 is 81.9 Å². The summed E-state index contributed by atoms with van der Waals surface area (Å²) < 4.78 is 31.7. The van der Waals surface area contributed by atoms with Crippen LogP contribution in [0.5, 0.6) is 0 Å². The molecule has 16 N–H and O–H groups in total. The zero-order valence-corrected chi connectivity index (χ0v) is 27.6. The SMILES string of the molecule is N=C(N)NCCC[C@H](N[N+](=O)[O-])C(=O)C(N)CCC[C@H](N)C(=O)N[C@@H](CCCNC(=N)N)C(=O)N1CCC[C@]1(C(=O)O)[N+](=O)[O-].O=C(O)C(F)(F)F. The molecule has 0 aromatic rings. The minimum absolute atomic E-state index is 0.0121. The lowest BCUT2D eigenvalue weighted by atomic mass is 9.96. The Morgan fingerprint density at radius 2 is 1.35 bits per heavy atom. The molecule has 1 heterocycles. The Bertz CT molecular complexity index is 1310. The lowest BCUT2D eigenvalue weighted by Gasteiger charge is -2.31. The van der Waals surface area contributed by atoms with Gasteiger partial charge in [0.2, 0.25) is 5.91 Å². The minimum Gasteiger partial charge on any atom is -0.475 e. The maximum absolute atomic E-state index is 13.4. The van der Waals surface area contributed by atoms with Gasteiger partial charge in [0.15, 0.2) is 22.7 Å². The fourth-order valence-electron chi connectivity index (χ4n) is 4.86. The molecule has 0 bridgehead atoms. The third-order valence-electron chi connectivity index (χ3n) is 7.43. The number of hydrazine groups is 1. The molecule has 0 saturated carbocycles. The molecule has 1 aliphatic rings. The molecule has 0 radical (unpaired) electrons. The first-order valence-electron chi connectivity index (χ1n) is 15.4. The zero-order chi connectivity index (χ0) is 40.4. The number of nitrogens with zero attached hydrogens (tertiary/aromatic N) is 3. The van der Waals surface area contributed by atoms with E-state index in [1.54, 1.807) is 0 Å². The van der Waals surface area contributed by atoms with Crippen molar-refractivity contribution < 1.29 is 57.3 Å². The molecule has 0 aliphatic carbocycles. The summed E-state index contributed by atoms with van der Waals surface area (Å²) in [5.41, 5.74) is 21.6. The van der Waals surface area contributed by atoms with E-state index in [1.807, 2.05) is 5.43 Å². The first-order valence-corrected chi connectivity index (χ1v) is 15.4. The number of nitro groups is 2. The molecule has 1 saturated heterocycles. The number of aliphatic carboxylic acids is 2. The number of amides is 2. The molecule has 296 valence electrons. The molecule has 24 nitrogen and oxygen atoms in total. The van der Waals surface area contributed by atoms with E-state index in [-0.39, 0.29) is 82.9 Å². The number of Topliss-reactive ketones (excluding diaryl/α,β-unsaturated/α-hetero) is 1. The molecule has 5 atom stereocenters. The summed E-state index contributed by atoms with van der Waals surface area (Å²) in [4.78, 5) is 82.2. The van der Waals surface area contributed by atoms with Crippen molar-refractivity contribution in [1.82, 2.24) is 26.3 Å². The van der Waals surface area contributed by atoms with Gasteiger partial charge in [0.05, 0.1) is 23.4 Å². The predicted octanol–water partition coefficient (Wildman–Crippen LogP) is -3.15. The normalized spacial score (nSPS) is 17.5. The Kier molecular flexibility index (Phi) is 19.3. The third-order valence-corrected chi connectivity index (χ3v) is 7.43. The summed E-state index contributed by atoms with van der Waals surface area (Å²) in [6.07, 6.45) is -4.94. The van der Waals surface area contributed by atoms with Crippen LogP contribution in [0.15, 0.2) is 0 Å². The quantitative estimate of drug-likeness (QED) is 0.0181. The largest absolute Gasteiger partial charge is 0.490 e. The van der Waals surface area contributed by atoms with Gasteiger partial charge < -0.3 is 49.1 Å². The molecule has 2 amide bonds. The van der Waals surface area contributed by atoms with Crippen LogP contribution in [0.4, 0.5) is 13.2 Å². The van der Waals surface area contributed by atoms with Crippen LogP contribution in [0.3, 0.4) is 0 Å². The second-order valence-corrected chi connectivity index (χ2v) is 11.3. The number of ketones is 1. The first kappa shape index (κ1) is 46.4. The Morgan fingerprint density at radius 1 is 0.865 bits per heavy atom. The molecular formula is C25H44F3N13O11. The van der Waals surface area contributed by atoms with Gasteiger partial charge >= 0.3 is 23.8 Å². The van der Waals surface area contributed by atoms with E-state index in [4.69, 9.17) is 43.7 Å². The number of likely N-dealkylation sites (tertiary alicyclic amines) is 1. The number of carboxylic acids is 2. The monoisotopic (exact) mass is 759 g/mol. The van der Waals surface area contributed by atoms with Gasteiger partial charge in [-0.2, -0.15) is 13.2 Å². The number of nitrogens with one attached hydrogen (secondary N) is 6.